The van der Waals surface area contributed by atoms with Gasteiger partial charge in [-0.1, -0.05) is 36.7 Å². The van der Waals surface area contributed by atoms with Gasteiger partial charge in [0.1, 0.15) is 0 Å². The molecule has 0 aliphatic heterocycles. The molecule has 1 aromatic carbocycles. The molecule has 0 saturated heterocycles. The van der Waals surface area contributed by atoms with E-state index >= 15 is 0 Å². The molecule has 3 N–H and O–H groups in total. The molecule has 1 saturated carbocycles. The molecule has 2 aromatic rings. The van der Waals surface area contributed by atoms with E-state index < -0.39 is 8.32 Å². The highest BCUT2D eigenvalue weighted by Crippen LogP contribution is 2.39. The van der Waals surface area contributed by atoms with Crippen LogP contribution < -0.4 is 11.1 Å². The molecule has 1 heterocycles. The third kappa shape index (κ3) is 4.66. The standard InChI is InChI=1S/C21H32BrN3OSi/c1-21(2,3)27(4,5)26-16-9-7-15(8-10-16)25-20-17-12-14(22)6-11-19(17)24-13-18(20)23/h6,11-13,15-16H,7-10,23H2,1-5H3,(H,24,25)/t15-,16-. The summed E-state index contributed by atoms with van der Waals surface area (Å²) in [7, 11) is -1.69. The monoisotopic (exact) mass is 449 g/mol. The van der Waals surface area contributed by atoms with E-state index in [1.54, 1.807) is 6.20 Å². The first-order valence-electron chi connectivity index (χ1n) is 9.85. The van der Waals surface area contributed by atoms with Gasteiger partial charge in [-0.3, -0.25) is 4.98 Å². The van der Waals surface area contributed by atoms with E-state index in [1.165, 1.54) is 0 Å². The van der Waals surface area contributed by atoms with Crippen LogP contribution in [0.25, 0.3) is 10.9 Å². The highest BCUT2D eigenvalue weighted by molar-refractivity contribution is 9.10. The molecule has 0 spiro atoms. The number of benzene rings is 1. The number of halogens is 1. The van der Waals surface area contributed by atoms with Crippen LogP contribution in [0, 0.1) is 0 Å². The summed E-state index contributed by atoms with van der Waals surface area (Å²) in [5.74, 6) is 0. The lowest BCUT2D eigenvalue weighted by Crippen LogP contribution is -2.45. The topological polar surface area (TPSA) is 60.2 Å². The Labute approximate surface area is 172 Å². The second kappa shape index (κ2) is 7.72. The van der Waals surface area contributed by atoms with Crippen LogP contribution in [-0.2, 0) is 4.43 Å². The molecular formula is C21H32BrN3OSi. The molecule has 0 bridgehead atoms. The summed E-state index contributed by atoms with van der Waals surface area (Å²) in [5, 5.41) is 5.04. The Morgan fingerprint density at radius 2 is 1.85 bits per heavy atom. The van der Waals surface area contributed by atoms with Crippen molar-refractivity contribution < 1.29 is 4.43 Å². The molecule has 1 aliphatic carbocycles. The van der Waals surface area contributed by atoms with Crippen molar-refractivity contribution in [2.45, 2.75) is 76.7 Å². The smallest absolute Gasteiger partial charge is 0.192 e. The molecule has 4 nitrogen and oxygen atoms in total. The van der Waals surface area contributed by atoms with E-state index in [0.717, 1.165) is 46.7 Å². The number of nitrogens with zero attached hydrogens (tertiary/aromatic N) is 1. The predicted octanol–water partition coefficient (Wildman–Crippen LogP) is 6.32. The van der Waals surface area contributed by atoms with Gasteiger partial charge >= 0.3 is 0 Å². The van der Waals surface area contributed by atoms with E-state index in [-0.39, 0.29) is 5.04 Å². The van der Waals surface area contributed by atoms with E-state index in [0.29, 0.717) is 17.8 Å². The largest absolute Gasteiger partial charge is 0.414 e. The quantitative estimate of drug-likeness (QED) is 0.535. The van der Waals surface area contributed by atoms with Crippen molar-refractivity contribution >= 4 is 46.5 Å². The number of nitrogens with one attached hydrogen (secondary N) is 1. The number of hydrogen-bond donors (Lipinski definition) is 2. The van der Waals surface area contributed by atoms with Crippen molar-refractivity contribution in [2.24, 2.45) is 0 Å². The Bertz CT molecular complexity index is 806. The Kier molecular flexibility index (Phi) is 5.90. The third-order valence-electron chi connectivity index (χ3n) is 6.15. The Morgan fingerprint density at radius 1 is 1.19 bits per heavy atom. The van der Waals surface area contributed by atoms with Gasteiger partial charge in [0.25, 0.3) is 0 Å². The average Bonchev–Trinajstić information content (AvgIpc) is 2.58. The maximum absolute atomic E-state index is 6.62. The van der Waals surface area contributed by atoms with Gasteiger partial charge in [-0.15, -0.1) is 0 Å². The number of anilines is 2. The van der Waals surface area contributed by atoms with Crippen LogP contribution in [0.15, 0.2) is 28.9 Å². The number of nitrogens with two attached hydrogens (primary N) is 1. The molecule has 1 aromatic heterocycles. The van der Waals surface area contributed by atoms with Gasteiger partial charge in [-0.25, -0.2) is 0 Å². The van der Waals surface area contributed by atoms with E-state index in [4.69, 9.17) is 10.2 Å². The Hall–Kier alpha value is -1.11. The van der Waals surface area contributed by atoms with Crippen LogP contribution in [0.3, 0.4) is 0 Å². The van der Waals surface area contributed by atoms with Crippen LogP contribution in [0.1, 0.15) is 46.5 Å². The number of rotatable bonds is 4. The number of hydrogen-bond acceptors (Lipinski definition) is 4. The minimum absolute atomic E-state index is 0.264. The fourth-order valence-electron chi connectivity index (χ4n) is 3.46. The lowest BCUT2D eigenvalue weighted by Gasteiger charge is -2.41. The molecule has 6 heteroatoms. The first-order valence-corrected chi connectivity index (χ1v) is 13.5. The molecule has 148 valence electrons. The second-order valence-corrected chi connectivity index (χ2v) is 14.9. The molecule has 0 atom stereocenters. The fourth-order valence-corrected chi connectivity index (χ4v) is 5.25. The van der Waals surface area contributed by atoms with Gasteiger partial charge in [0, 0.05) is 22.0 Å². The first kappa shape index (κ1) is 20.6. The van der Waals surface area contributed by atoms with Gasteiger partial charge in [0.05, 0.1) is 23.1 Å². The zero-order chi connectivity index (χ0) is 19.8. The van der Waals surface area contributed by atoms with E-state index in [1.807, 2.05) is 12.1 Å². The van der Waals surface area contributed by atoms with Crippen LogP contribution in [0.4, 0.5) is 11.4 Å². The van der Waals surface area contributed by atoms with Crippen LogP contribution >= 0.6 is 15.9 Å². The summed E-state index contributed by atoms with van der Waals surface area (Å²) in [4.78, 5) is 4.45. The summed E-state index contributed by atoms with van der Waals surface area (Å²) in [6.07, 6.45) is 6.58. The summed E-state index contributed by atoms with van der Waals surface area (Å²) in [5.41, 5.74) is 8.93. The summed E-state index contributed by atoms with van der Waals surface area (Å²) in [6.45, 7) is 11.6. The van der Waals surface area contributed by atoms with Crippen LogP contribution in [0.5, 0.6) is 0 Å². The number of pyridine rings is 1. The van der Waals surface area contributed by atoms with Crippen LogP contribution in [-0.4, -0.2) is 25.4 Å². The predicted molar refractivity (Wildman–Crippen MR) is 122 cm³/mol. The van der Waals surface area contributed by atoms with Crippen LogP contribution in [0.2, 0.25) is 18.1 Å². The van der Waals surface area contributed by atoms with Crippen molar-refractivity contribution in [3.8, 4) is 0 Å². The van der Waals surface area contributed by atoms with Gasteiger partial charge < -0.3 is 15.5 Å². The summed E-state index contributed by atoms with van der Waals surface area (Å²) in [6, 6.07) is 6.55. The van der Waals surface area contributed by atoms with E-state index in [9.17, 15) is 0 Å². The molecule has 1 aliphatic rings. The molecule has 1 fully saturated rings. The van der Waals surface area contributed by atoms with Gasteiger partial charge in [-0.2, -0.15) is 0 Å². The molecule has 0 amide bonds. The minimum Gasteiger partial charge on any atom is -0.414 e. The van der Waals surface area contributed by atoms with Crippen molar-refractivity contribution in [3.63, 3.8) is 0 Å². The van der Waals surface area contributed by atoms with Gasteiger partial charge in [0.2, 0.25) is 0 Å². The lowest BCUT2D eigenvalue weighted by molar-refractivity contribution is 0.133. The maximum Gasteiger partial charge on any atom is 0.192 e. The third-order valence-corrected chi connectivity index (χ3v) is 11.2. The summed E-state index contributed by atoms with van der Waals surface area (Å²) >= 11 is 3.56. The lowest BCUT2D eigenvalue weighted by atomic mass is 9.93. The molecular weight excluding hydrogens is 418 g/mol. The van der Waals surface area contributed by atoms with E-state index in [2.05, 4.69) is 66.2 Å². The Morgan fingerprint density at radius 3 is 2.48 bits per heavy atom. The summed E-state index contributed by atoms with van der Waals surface area (Å²) < 4.78 is 7.66. The van der Waals surface area contributed by atoms with Crippen molar-refractivity contribution in [3.05, 3.63) is 28.9 Å². The van der Waals surface area contributed by atoms with Crippen molar-refractivity contribution in [1.29, 1.82) is 0 Å². The highest BCUT2D eigenvalue weighted by Gasteiger charge is 2.39. The first-order chi connectivity index (χ1) is 12.6. The zero-order valence-corrected chi connectivity index (χ0v) is 19.7. The van der Waals surface area contributed by atoms with Gasteiger partial charge in [-0.05, 0) is 62.0 Å². The molecule has 0 radical (unpaired) electrons. The number of aromatic nitrogens is 1. The fraction of sp³-hybridized carbons (Fsp3) is 0.571. The van der Waals surface area contributed by atoms with Crippen molar-refractivity contribution in [2.75, 3.05) is 11.1 Å². The number of nitrogen functional groups attached to an aromatic ring is 1. The normalized spacial score (nSPS) is 21.4. The average molecular weight is 450 g/mol. The Balaban J connectivity index is 1.67. The number of fused-ring (bicyclic) bond motifs is 1. The minimum atomic E-state index is -1.69. The zero-order valence-electron chi connectivity index (χ0n) is 17.1. The molecule has 27 heavy (non-hydrogen) atoms. The maximum atomic E-state index is 6.62. The van der Waals surface area contributed by atoms with Gasteiger partial charge in [0.15, 0.2) is 8.32 Å². The highest BCUT2D eigenvalue weighted by atomic mass is 79.9. The second-order valence-electron chi connectivity index (χ2n) is 9.25. The van der Waals surface area contributed by atoms with Crippen molar-refractivity contribution in [1.82, 2.24) is 4.98 Å². The molecule has 0 unspecified atom stereocenters. The SMILES string of the molecule is CC(C)(C)[Si](C)(C)O[C@H]1CC[C@H](Nc2c(N)cnc3ccc(Br)cc23)CC1. The molecule has 3 rings (SSSR count).